The van der Waals surface area contributed by atoms with Crippen LogP contribution in [0.25, 0.3) is 23.1 Å². The van der Waals surface area contributed by atoms with Crippen molar-refractivity contribution >= 4 is 16.5 Å². The van der Waals surface area contributed by atoms with E-state index < -0.39 is 0 Å². The Kier molecular flexibility index (Phi) is 2.15. The van der Waals surface area contributed by atoms with Crippen LogP contribution in [0, 0.1) is 6.92 Å². The molecule has 0 spiro atoms. The second kappa shape index (κ2) is 3.67. The molecule has 3 aromatic rings. The van der Waals surface area contributed by atoms with Crippen LogP contribution in [0.15, 0.2) is 16.9 Å². The maximum Gasteiger partial charge on any atom is 0.263 e. The van der Waals surface area contributed by atoms with Crippen LogP contribution in [0.3, 0.4) is 0 Å². The topological polar surface area (TPSA) is 107 Å². The van der Waals surface area contributed by atoms with E-state index in [1.807, 2.05) is 6.92 Å². The number of aromatic nitrogens is 5. The maximum absolute atomic E-state index is 5.81. The average molecular weight is 248 g/mol. The normalized spacial score (nSPS) is 10.9. The highest BCUT2D eigenvalue weighted by atomic mass is 32.1. The lowest BCUT2D eigenvalue weighted by Gasteiger charge is -1.91. The van der Waals surface area contributed by atoms with Crippen LogP contribution in [-0.4, -0.2) is 24.5 Å². The molecule has 86 valence electrons. The molecule has 17 heavy (non-hydrogen) atoms. The summed E-state index contributed by atoms with van der Waals surface area (Å²) >= 11 is 1.21. The molecule has 3 rings (SSSR count). The molecule has 0 atom stereocenters. The maximum atomic E-state index is 5.81. The Labute approximate surface area is 99.9 Å². The molecule has 3 heterocycles. The number of aryl methyl sites for hydroxylation is 1. The molecule has 0 unspecified atom stereocenters. The van der Waals surface area contributed by atoms with Gasteiger partial charge in [0.25, 0.3) is 5.89 Å². The lowest BCUT2D eigenvalue weighted by molar-refractivity contribution is 0.432. The van der Waals surface area contributed by atoms with Gasteiger partial charge in [-0.25, -0.2) is 4.98 Å². The van der Waals surface area contributed by atoms with Gasteiger partial charge >= 0.3 is 0 Å². The molecule has 7 nitrogen and oxygen atoms in total. The number of H-pyrrole nitrogens is 1. The van der Waals surface area contributed by atoms with Gasteiger partial charge < -0.3 is 15.2 Å². The minimum atomic E-state index is 0.361. The number of nitrogen functional groups attached to an aromatic ring is 1. The third kappa shape index (κ3) is 1.58. The Bertz CT molecular complexity index is 621. The fourth-order valence-corrected chi connectivity index (χ4v) is 2.11. The van der Waals surface area contributed by atoms with Gasteiger partial charge in [0.1, 0.15) is 5.00 Å². The second-order valence-electron chi connectivity index (χ2n) is 3.37. The standard InChI is InChI=1S/C9H8N6OS/c1-4-5(6(10)17-15-4)9-13-8(14-16-9)7-11-2-3-12-7/h2-3H,10H2,1H3,(H,11,12). The number of nitrogens with zero attached hydrogens (tertiary/aromatic N) is 4. The van der Waals surface area contributed by atoms with Crippen molar-refractivity contribution in [1.29, 1.82) is 0 Å². The van der Waals surface area contributed by atoms with Crippen molar-refractivity contribution in [3.8, 4) is 23.1 Å². The number of nitrogens with one attached hydrogen (secondary N) is 1. The summed E-state index contributed by atoms with van der Waals surface area (Å²) in [6, 6.07) is 0. The van der Waals surface area contributed by atoms with E-state index >= 15 is 0 Å². The predicted molar refractivity (Wildman–Crippen MR) is 62.1 cm³/mol. The van der Waals surface area contributed by atoms with Gasteiger partial charge in [-0.2, -0.15) is 9.36 Å². The Morgan fingerprint density at radius 3 is 3.00 bits per heavy atom. The minimum absolute atomic E-state index is 0.361. The fraction of sp³-hybridized carbons (Fsp3) is 0.111. The van der Waals surface area contributed by atoms with E-state index in [4.69, 9.17) is 10.3 Å². The first-order valence-electron chi connectivity index (χ1n) is 4.81. The monoisotopic (exact) mass is 248 g/mol. The molecular weight excluding hydrogens is 240 g/mol. The molecule has 0 aliphatic carbocycles. The summed E-state index contributed by atoms with van der Waals surface area (Å²) in [7, 11) is 0. The van der Waals surface area contributed by atoms with E-state index in [2.05, 4.69) is 24.5 Å². The summed E-state index contributed by atoms with van der Waals surface area (Å²) in [6.45, 7) is 1.85. The van der Waals surface area contributed by atoms with Crippen LogP contribution in [0.5, 0.6) is 0 Å². The van der Waals surface area contributed by atoms with Crippen LogP contribution in [-0.2, 0) is 0 Å². The molecule has 0 aliphatic rings. The fourth-order valence-electron chi connectivity index (χ4n) is 1.46. The molecule has 3 N–H and O–H groups in total. The number of anilines is 1. The van der Waals surface area contributed by atoms with Crippen molar-refractivity contribution in [2.75, 3.05) is 5.73 Å². The number of hydrogen-bond donors (Lipinski definition) is 2. The van der Waals surface area contributed by atoms with Crippen molar-refractivity contribution < 1.29 is 4.52 Å². The first-order chi connectivity index (χ1) is 8.25. The van der Waals surface area contributed by atoms with Crippen molar-refractivity contribution in [2.24, 2.45) is 0 Å². The second-order valence-corrected chi connectivity index (χ2v) is 4.17. The highest BCUT2D eigenvalue weighted by Crippen LogP contribution is 2.31. The van der Waals surface area contributed by atoms with Gasteiger partial charge in [-0.15, -0.1) is 0 Å². The number of nitrogens with two attached hydrogens (primary N) is 1. The van der Waals surface area contributed by atoms with E-state index in [-0.39, 0.29) is 0 Å². The Hall–Kier alpha value is -2.22. The van der Waals surface area contributed by atoms with Gasteiger partial charge in [-0.05, 0) is 18.5 Å². The van der Waals surface area contributed by atoms with Gasteiger partial charge in [0, 0.05) is 12.4 Å². The van der Waals surface area contributed by atoms with Crippen molar-refractivity contribution in [2.45, 2.75) is 6.92 Å². The minimum Gasteiger partial charge on any atom is -0.389 e. The van der Waals surface area contributed by atoms with E-state index in [0.717, 1.165) is 5.69 Å². The Morgan fingerprint density at radius 2 is 2.35 bits per heavy atom. The molecular formula is C9H8N6OS. The van der Waals surface area contributed by atoms with Crippen LogP contribution < -0.4 is 5.73 Å². The number of imidazole rings is 1. The number of aromatic amines is 1. The summed E-state index contributed by atoms with van der Waals surface area (Å²) < 4.78 is 9.29. The molecule has 0 aliphatic heterocycles. The van der Waals surface area contributed by atoms with E-state index in [1.54, 1.807) is 12.4 Å². The number of rotatable bonds is 2. The molecule has 0 saturated heterocycles. The molecule has 3 aromatic heterocycles. The van der Waals surface area contributed by atoms with Gasteiger partial charge in [0.15, 0.2) is 5.82 Å². The molecule has 0 aromatic carbocycles. The van der Waals surface area contributed by atoms with Crippen LogP contribution >= 0.6 is 11.5 Å². The zero-order chi connectivity index (χ0) is 11.8. The van der Waals surface area contributed by atoms with Gasteiger partial charge in [-0.1, -0.05) is 5.16 Å². The molecule has 0 fully saturated rings. The smallest absolute Gasteiger partial charge is 0.263 e. The van der Waals surface area contributed by atoms with Crippen LogP contribution in [0.4, 0.5) is 5.00 Å². The van der Waals surface area contributed by atoms with Gasteiger partial charge in [0.05, 0.1) is 11.3 Å². The summed E-state index contributed by atoms with van der Waals surface area (Å²) in [4.78, 5) is 11.2. The highest BCUT2D eigenvalue weighted by Gasteiger charge is 2.18. The third-order valence-electron chi connectivity index (χ3n) is 2.24. The third-order valence-corrected chi connectivity index (χ3v) is 3.01. The van der Waals surface area contributed by atoms with E-state index in [9.17, 15) is 0 Å². The Balaban J connectivity index is 2.07. The van der Waals surface area contributed by atoms with Crippen LogP contribution in [0.1, 0.15) is 5.69 Å². The SMILES string of the molecule is Cc1nsc(N)c1-c1nc(-c2ncc[nH]2)no1. The summed E-state index contributed by atoms with van der Waals surface area (Å²) in [5, 5.41) is 4.41. The first-order valence-corrected chi connectivity index (χ1v) is 5.58. The van der Waals surface area contributed by atoms with Gasteiger partial charge in [0.2, 0.25) is 5.82 Å². The van der Waals surface area contributed by atoms with Crippen LogP contribution in [0.2, 0.25) is 0 Å². The lowest BCUT2D eigenvalue weighted by atomic mass is 10.2. The predicted octanol–water partition coefficient (Wildman–Crippen LogP) is 1.47. The summed E-state index contributed by atoms with van der Waals surface area (Å²) in [6.07, 6.45) is 3.31. The average Bonchev–Trinajstić information content (AvgIpc) is 2.98. The Morgan fingerprint density at radius 1 is 1.47 bits per heavy atom. The largest absolute Gasteiger partial charge is 0.389 e. The van der Waals surface area contributed by atoms with Gasteiger partial charge in [-0.3, -0.25) is 0 Å². The molecule has 8 heteroatoms. The summed E-state index contributed by atoms with van der Waals surface area (Å²) in [5.74, 6) is 1.31. The lowest BCUT2D eigenvalue weighted by Crippen LogP contribution is -1.87. The van der Waals surface area contributed by atoms with Crippen molar-refractivity contribution in [3.05, 3.63) is 18.1 Å². The van der Waals surface area contributed by atoms with Crippen molar-refractivity contribution in [1.82, 2.24) is 24.5 Å². The molecule has 0 bridgehead atoms. The van der Waals surface area contributed by atoms with E-state index in [0.29, 0.717) is 28.1 Å². The highest BCUT2D eigenvalue weighted by molar-refractivity contribution is 7.10. The first kappa shape index (κ1) is 9.97. The quantitative estimate of drug-likeness (QED) is 0.711. The molecule has 0 saturated carbocycles. The summed E-state index contributed by atoms with van der Waals surface area (Å²) in [5.41, 5.74) is 7.28. The van der Waals surface area contributed by atoms with E-state index in [1.165, 1.54) is 11.5 Å². The molecule has 0 radical (unpaired) electrons. The zero-order valence-electron chi connectivity index (χ0n) is 8.84. The molecule has 0 amide bonds. The zero-order valence-corrected chi connectivity index (χ0v) is 9.65. The number of hydrogen-bond acceptors (Lipinski definition) is 7. The van der Waals surface area contributed by atoms with Crippen molar-refractivity contribution in [3.63, 3.8) is 0 Å².